The normalized spacial score (nSPS) is 10.6. The lowest BCUT2D eigenvalue weighted by atomic mass is 10.5. The third-order valence-corrected chi connectivity index (χ3v) is 3.25. The van der Waals surface area contributed by atoms with Crippen LogP contribution in [0.25, 0.3) is 0 Å². The molecule has 2 aromatic rings. The Morgan fingerprint density at radius 2 is 2.44 bits per heavy atom. The van der Waals surface area contributed by atoms with Crippen LogP contribution >= 0.6 is 11.8 Å². The molecule has 6 nitrogen and oxygen atoms in total. The van der Waals surface area contributed by atoms with E-state index < -0.39 is 0 Å². The third kappa shape index (κ3) is 3.13. The predicted molar refractivity (Wildman–Crippen MR) is 68.5 cm³/mol. The molecule has 2 rings (SSSR count). The van der Waals surface area contributed by atoms with Crippen molar-refractivity contribution in [1.29, 1.82) is 0 Å². The minimum absolute atomic E-state index is 0.126. The molecule has 0 saturated carbocycles. The smallest absolute Gasteiger partial charge is 0.236 e. The maximum absolute atomic E-state index is 11.7. The minimum atomic E-state index is -0.126. The molecular weight excluding hydrogens is 252 g/mol. The minimum Gasteiger partial charge on any atom is -0.360 e. The highest BCUT2D eigenvalue weighted by Gasteiger charge is 2.09. The van der Waals surface area contributed by atoms with Crippen molar-refractivity contribution in [2.75, 3.05) is 11.1 Å². The standard InChI is InChI=1S/C11H14N4O2S/c1-3-15-5-4-12-11(15)18-7-10(16)13-9-6-8(2)17-14-9/h4-6H,3,7H2,1-2H3,(H,13,14,16). The van der Waals surface area contributed by atoms with Gasteiger partial charge in [0.15, 0.2) is 11.0 Å². The van der Waals surface area contributed by atoms with Gasteiger partial charge in [-0.25, -0.2) is 4.98 Å². The van der Waals surface area contributed by atoms with Crippen LogP contribution in [-0.2, 0) is 11.3 Å². The van der Waals surface area contributed by atoms with E-state index in [4.69, 9.17) is 4.52 Å². The van der Waals surface area contributed by atoms with Crippen molar-refractivity contribution >= 4 is 23.5 Å². The van der Waals surface area contributed by atoms with Gasteiger partial charge in [-0.3, -0.25) is 4.79 Å². The van der Waals surface area contributed by atoms with Gasteiger partial charge >= 0.3 is 0 Å². The molecule has 7 heteroatoms. The van der Waals surface area contributed by atoms with Crippen LogP contribution in [0.2, 0.25) is 0 Å². The van der Waals surface area contributed by atoms with E-state index in [1.54, 1.807) is 19.2 Å². The highest BCUT2D eigenvalue weighted by Crippen LogP contribution is 2.16. The molecule has 0 aliphatic carbocycles. The molecule has 0 spiro atoms. The molecular formula is C11H14N4O2S. The highest BCUT2D eigenvalue weighted by atomic mass is 32.2. The van der Waals surface area contributed by atoms with Crippen molar-refractivity contribution in [2.45, 2.75) is 25.5 Å². The van der Waals surface area contributed by atoms with E-state index in [9.17, 15) is 4.79 Å². The molecule has 2 heterocycles. The van der Waals surface area contributed by atoms with Crippen LogP contribution in [0.4, 0.5) is 5.82 Å². The lowest BCUT2D eigenvalue weighted by molar-refractivity contribution is -0.113. The zero-order valence-electron chi connectivity index (χ0n) is 10.2. The summed E-state index contributed by atoms with van der Waals surface area (Å²) in [5.41, 5.74) is 0. The second-order valence-corrected chi connectivity index (χ2v) is 4.60. The molecule has 0 fully saturated rings. The molecule has 0 radical (unpaired) electrons. The number of carbonyl (C=O) groups excluding carboxylic acids is 1. The number of amides is 1. The number of hydrogen-bond acceptors (Lipinski definition) is 5. The van der Waals surface area contributed by atoms with E-state index in [0.717, 1.165) is 11.7 Å². The number of aromatic nitrogens is 3. The second kappa shape index (κ2) is 5.72. The largest absolute Gasteiger partial charge is 0.360 e. The molecule has 0 unspecified atom stereocenters. The molecule has 2 aromatic heterocycles. The van der Waals surface area contributed by atoms with Crippen molar-refractivity contribution in [3.8, 4) is 0 Å². The van der Waals surface area contributed by atoms with Crippen molar-refractivity contribution in [2.24, 2.45) is 0 Å². The lowest BCUT2D eigenvalue weighted by Gasteiger charge is -2.03. The first-order valence-electron chi connectivity index (χ1n) is 5.56. The average Bonchev–Trinajstić information content (AvgIpc) is 2.95. The molecule has 1 N–H and O–H groups in total. The molecule has 0 aliphatic heterocycles. The Morgan fingerprint density at radius 1 is 1.61 bits per heavy atom. The summed E-state index contributed by atoms with van der Waals surface area (Å²) < 4.78 is 6.85. The van der Waals surface area contributed by atoms with E-state index >= 15 is 0 Å². The molecule has 96 valence electrons. The number of hydrogen-bond donors (Lipinski definition) is 1. The molecule has 0 saturated heterocycles. The first-order chi connectivity index (χ1) is 8.69. The zero-order chi connectivity index (χ0) is 13.0. The van der Waals surface area contributed by atoms with Crippen LogP contribution in [-0.4, -0.2) is 26.4 Å². The van der Waals surface area contributed by atoms with Gasteiger partial charge in [0, 0.05) is 25.0 Å². The van der Waals surface area contributed by atoms with E-state index in [-0.39, 0.29) is 5.91 Å². The van der Waals surface area contributed by atoms with Crippen LogP contribution in [0.1, 0.15) is 12.7 Å². The van der Waals surface area contributed by atoms with Gasteiger partial charge < -0.3 is 14.4 Å². The number of nitrogens with zero attached hydrogens (tertiary/aromatic N) is 3. The highest BCUT2D eigenvalue weighted by molar-refractivity contribution is 7.99. The number of rotatable bonds is 5. The van der Waals surface area contributed by atoms with Gasteiger partial charge in [-0.1, -0.05) is 16.9 Å². The van der Waals surface area contributed by atoms with Gasteiger partial charge in [-0.2, -0.15) is 0 Å². The van der Waals surface area contributed by atoms with Gasteiger partial charge in [-0.05, 0) is 13.8 Å². The SMILES string of the molecule is CCn1ccnc1SCC(=O)Nc1cc(C)on1. The third-order valence-electron chi connectivity index (χ3n) is 2.25. The number of thioether (sulfide) groups is 1. The monoisotopic (exact) mass is 266 g/mol. The molecule has 0 atom stereocenters. The van der Waals surface area contributed by atoms with Crippen molar-refractivity contribution in [1.82, 2.24) is 14.7 Å². The van der Waals surface area contributed by atoms with Gasteiger partial charge in [0.1, 0.15) is 5.76 Å². The van der Waals surface area contributed by atoms with Crippen LogP contribution in [0.5, 0.6) is 0 Å². The molecule has 0 aromatic carbocycles. The molecule has 0 bridgehead atoms. The van der Waals surface area contributed by atoms with Crippen LogP contribution < -0.4 is 5.32 Å². The predicted octanol–water partition coefficient (Wildman–Crippen LogP) is 1.93. The summed E-state index contributed by atoms with van der Waals surface area (Å²) in [6.45, 7) is 4.64. The van der Waals surface area contributed by atoms with Crippen molar-refractivity contribution in [3.05, 3.63) is 24.2 Å². The topological polar surface area (TPSA) is 73.0 Å². The maximum Gasteiger partial charge on any atom is 0.236 e. The fraction of sp³-hybridized carbons (Fsp3) is 0.364. The summed E-state index contributed by atoms with van der Waals surface area (Å²) in [5.74, 6) is 1.28. The van der Waals surface area contributed by atoms with Crippen LogP contribution in [0, 0.1) is 6.92 Å². The maximum atomic E-state index is 11.7. The number of carbonyl (C=O) groups is 1. The summed E-state index contributed by atoms with van der Waals surface area (Å²) in [5, 5.41) is 7.20. The first-order valence-corrected chi connectivity index (χ1v) is 6.54. The Kier molecular flexibility index (Phi) is 4.03. The van der Waals surface area contributed by atoms with Crippen LogP contribution in [0.15, 0.2) is 28.1 Å². The summed E-state index contributed by atoms with van der Waals surface area (Å²) in [7, 11) is 0. The number of imidazole rings is 1. The molecule has 0 aliphatic rings. The quantitative estimate of drug-likeness (QED) is 0.837. The van der Waals surface area contributed by atoms with Gasteiger partial charge in [0.25, 0.3) is 0 Å². The second-order valence-electron chi connectivity index (χ2n) is 3.66. The van der Waals surface area contributed by atoms with E-state index in [1.807, 2.05) is 17.7 Å². The Hall–Kier alpha value is -1.76. The summed E-state index contributed by atoms with van der Waals surface area (Å²) >= 11 is 1.39. The van der Waals surface area contributed by atoms with Crippen LogP contribution in [0.3, 0.4) is 0 Å². The average molecular weight is 266 g/mol. The summed E-state index contributed by atoms with van der Waals surface area (Å²) in [6.07, 6.45) is 3.62. The number of anilines is 1. The first kappa shape index (κ1) is 12.7. The van der Waals surface area contributed by atoms with E-state index in [2.05, 4.69) is 15.5 Å². The fourth-order valence-electron chi connectivity index (χ4n) is 1.41. The number of nitrogens with one attached hydrogen (secondary N) is 1. The Labute approximate surface area is 109 Å². The Morgan fingerprint density at radius 3 is 3.11 bits per heavy atom. The fourth-order valence-corrected chi connectivity index (χ4v) is 2.23. The molecule has 1 amide bonds. The molecule has 18 heavy (non-hydrogen) atoms. The lowest BCUT2D eigenvalue weighted by Crippen LogP contribution is -2.14. The summed E-state index contributed by atoms with van der Waals surface area (Å²) in [4.78, 5) is 15.8. The Balaban J connectivity index is 1.85. The summed E-state index contributed by atoms with van der Waals surface area (Å²) in [6, 6.07) is 1.68. The van der Waals surface area contributed by atoms with Gasteiger partial charge in [-0.15, -0.1) is 0 Å². The Bertz CT molecular complexity index is 535. The van der Waals surface area contributed by atoms with Gasteiger partial charge in [0.05, 0.1) is 5.75 Å². The van der Waals surface area contributed by atoms with E-state index in [0.29, 0.717) is 17.3 Å². The zero-order valence-corrected chi connectivity index (χ0v) is 11.0. The number of aryl methyl sites for hydroxylation is 2. The van der Waals surface area contributed by atoms with Crippen molar-refractivity contribution < 1.29 is 9.32 Å². The van der Waals surface area contributed by atoms with Crippen molar-refractivity contribution in [3.63, 3.8) is 0 Å². The van der Waals surface area contributed by atoms with Gasteiger partial charge in [0.2, 0.25) is 5.91 Å². The van der Waals surface area contributed by atoms with E-state index in [1.165, 1.54) is 11.8 Å².